The molecule has 2 aromatic rings. The molecule has 9 nitrogen and oxygen atoms in total. The van der Waals surface area contributed by atoms with Crippen molar-refractivity contribution >= 4 is 46.0 Å². The standard InChI is InChI=1S/C16H9N3O6S/c20-13(10-2-1-7-26-10)12-11-14(25-17-12)16(22)18(15(11)21)8-3-5-9(6-4-8)19(23)24/h1-7,11,14H/t11-,14-/m0/s1. The molecular formula is C16H9N3O6S. The van der Waals surface area contributed by atoms with E-state index in [1.54, 1.807) is 17.5 Å². The summed E-state index contributed by atoms with van der Waals surface area (Å²) in [5, 5.41) is 16.1. The van der Waals surface area contributed by atoms with Gasteiger partial charge in [-0.15, -0.1) is 11.3 Å². The van der Waals surface area contributed by atoms with Crippen molar-refractivity contribution in [2.24, 2.45) is 11.1 Å². The summed E-state index contributed by atoms with van der Waals surface area (Å²) in [6.07, 6.45) is -1.20. The molecule has 0 unspecified atom stereocenters. The lowest BCUT2D eigenvalue weighted by Crippen LogP contribution is -2.34. The molecule has 2 aliphatic rings. The van der Waals surface area contributed by atoms with E-state index in [1.165, 1.54) is 35.6 Å². The summed E-state index contributed by atoms with van der Waals surface area (Å²) >= 11 is 1.20. The van der Waals surface area contributed by atoms with Crippen LogP contribution < -0.4 is 4.90 Å². The number of anilines is 1. The number of nitro benzene ring substituents is 1. The number of ketones is 1. The molecule has 2 aliphatic heterocycles. The van der Waals surface area contributed by atoms with Crippen LogP contribution in [0.1, 0.15) is 9.67 Å². The minimum Gasteiger partial charge on any atom is -0.381 e. The molecule has 1 aromatic heterocycles. The van der Waals surface area contributed by atoms with E-state index in [2.05, 4.69) is 5.16 Å². The van der Waals surface area contributed by atoms with Crippen LogP contribution in [0.25, 0.3) is 0 Å². The van der Waals surface area contributed by atoms with Crippen LogP contribution in [0, 0.1) is 16.0 Å². The van der Waals surface area contributed by atoms with E-state index in [9.17, 15) is 24.5 Å². The van der Waals surface area contributed by atoms with Gasteiger partial charge >= 0.3 is 0 Å². The maximum Gasteiger partial charge on any atom is 0.278 e. The van der Waals surface area contributed by atoms with Crippen LogP contribution in [0.3, 0.4) is 0 Å². The monoisotopic (exact) mass is 371 g/mol. The number of fused-ring (bicyclic) bond motifs is 1. The van der Waals surface area contributed by atoms with Crippen molar-refractivity contribution in [1.82, 2.24) is 0 Å². The molecule has 26 heavy (non-hydrogen) atoms. The molecule has 0 bridgehead atoms. The van der Waals surface area contributed by atoms with Gasteiger partial charge in [-0.3, -0.25) is 24.5 Å². The molecule has 3 heterocycles. The summed E-state index contributed by atoms with van der Waals surface area (Å²) in [5.74, 6) is -2.88. The smallest absolute Gasteiger partial charge is 0.278 e. The maximum atomic E-state index is 12.8. The van der Waals surface area contributed by atoms with Crippen molar-refractivity contribution < 1.29 is 24.1 Å². The van der Waals surface area contributed by atoms with Gasteiger partial charge in [0.15, 0.2) is 0 Å². The molecule has 4 rings (SSSR count). The third-order valence-electron chi connectivity index (χ3n) is 4.11. The van der Waals surface area contributed by atoms with Crippen LogP contribution in [-0.4, -0.2) is 34.3 Å². The fraction of sp³-hybridized carbons (Fsp3) is 0.125. The number of nitrogens with zero attached hydrogens (tertiary/aromatic N) is 3. The highest BCUT2D eigenvalue weighted by molar-refractivity contribution is 7.13. The van der Waals surface area contributed by atoms with Gasteiger partial charge in [0, 0.05) is 12.1 Å². The number of thiophene rings is 1. The Morgan fingerprint density at radius 1 is 1.19 bits per heavy atom. The van der Waals surface area contributed by atoms with Crippen LogP contribution in [0.15, 0.2) is 46.9 Å². The zero-order valence-corrected chi connectivity index (χ0v) is 13.7. The number of imide groups is 1. The topological polar surface area (TPSA) is 119 Å². The average Bonchev–Trinajstić information content (AvgIpc) is 3.35. The van der Waals surface area contributed by atoms with E-state index in [0.29, 0.717) is 4.88 Å². The second-order valence-corrected chi connectivity index (χ2v) is 6.52. The number of Topliss-reactive ketones (excluding diaryl/α,β-unsaturated/α-hetero) is 1. The van der Waals surface area contributed by atoms with Crippen LogP contribution in [0.5, 0.6) is 0 Å². The third kappa shape index (κ3) is 2.30. The van der Waals surface area contributed by atoms with Gasteiger partial charge < -0.3 is 4.84 Å². The predicted molar refractivity (Wildman–Crippen MR) is 90.0 cm³/mol. The molecule has 130 valence electrons. The molecular weight excluding hydrogens is 362 g/mol. The van der Waals surface area contributed by atoms with Crippen molar-refractivity contribution in [2.75, 3.05) is 4.90 Å². The Labute approximate surface area is 149 Å². The van der Waals surface area contributed by atoms with E-state index in [4.69, 9.17) is 4.84 Å². The first kappa shape index (κ1) is 16.1. The number of carbonyl (C=O) groups excluding carboxylic acids is 3. The van der Waals surface area contributed by atoms with Crippen molar-refractivity contribution in [3.05, 3.63) is 56.8 Å². The number of non-ortho nitro benzene ring substituents is 1. The van der Waals surface area contributed by atoms with Crippen molar-refractivity contribution in [2.45, 2.75) is 6.10 Å². The highest BCUT2D eigenvalue weighted by Gasteiger charge is 2.57. The second kappa shape index (κ2) is 5.85. The quantitative estimate of drug-likeness (QED) is 0.350. The minimum atomic E-state index is -1.20. The largest absolute Gasteiger partial charge is 0.381 e. The van der Waals surface area contributed by atoms with Crippen molar-refractivity contribution in [3.63, 3.8) is 0 Å². The Kier molecular flexibility index (Phi) is 3.62. The highest BCUT2D eigenvalue weighted by Crippen LogP contribution is 2.35. The Morgan fingerprint density at radius 3 is 2.54 bits per heavy atom. The van der Waals surface area contributed by atoms with Crippen LogP contribution in [0.4, 0.5) is 11.4 Å². The van der Waals surface area contributed by atoms with Crippen LogP contribution in [-0.2, 0) is 14.4 Å². The minimum absolute atomic E-state index is 0.111. The zero-order chi connectivity index (χ0) is 18.4. The summed E-state index contributed by atoms with van der Waals surface area (Å²) in [7, 11) is 0. The summed E-state index contributed by atoms with van der Waals surface area (Å²) < 4.78 is 0. The molecule has 2 atom stereocenters. The fourth-order valence-electron chi connectivity index (χ4n) is 2.88. The molecule has 0 radical (unpaired) electrons. The predicted octanol–water partition coefficient (Wildman–Crippen LogP) is 1.78. The summed E-state index contributed by atoms with van der Waals surface area (Å²) in [6.45, 7) is 0. The lowest BCUT2D eigenvalue weighted by Gasteiger charge is -2.14. The Morgan fingerprint density at radius 2 is 1.92 bits per heavy atom. The number of amides is 2. The summed E-state index contributed by atoms with van der Waals surface area (Å²) in [5.41, 5.74) is -0.105. The molecule has 10 heteroatoms. The van der Waals surface area contributed by atoms with Crippen LogP contribution in [0.2, 0.25) is 0 Å². The van der Waals surface area contributed by atoms with Gasteiger partial charge in [0.05, 0.1) is 15.5 Å². The van der Waals surface area contributed by atoms with E-state index < -0.39 is 34.5 Å². The highest BCUT2D eigenvalue weighted by atomic mass is 32.1. The van der Waals surface area contributed by atoms with Gasteiger partial charge in [-0.2, -0.15) is 0 Å². The van der Waals surface area contributed by atoms with Gasteiger partial charge in [0.1, 0.15) is 11.6 Å². The molecule has 1 saturated heterocycles. The normalized spacial score (nSPS) is 21.4. The van der Waals surface area contributed by atoms with Gasteiger partial charge in [-0.1, -0.05) is 11.2 Å². The van der Waals surface area contributed by atoms with Gasteiger partial charge in [-0.05, 0) is 23.6 Å². The SMILES string of the molecule is O=C(C1=NO[C@@H]2C(=O)N(c3ccc([N+](=O)[O-])cc3)C(=O)[C@@H]12)c1cccs1. The lowest BCUT2D eigenvalue weighted by atomic mass is 9.96. The number of nitro groups is 1. The van der Waals surface area contributed by atoms with Crippen molar-refractivity contribution in [1.29, 1.82) is 0 Å². The van der Waals surface area contributed by atoms with E-state index >= 15 is 0 Å². The molecule has 1 fully saturated rings. The lowest BCUT2D eigenvalue weighted by molar-refractivity contribution is -0.384. The average molecular weight is 371 g/mol. The molecule has 0 spiro atoms. The van der Waals surface area contributed by atoms with Crippen LogP contribution >= 0.6 is 11.3 Å². The second-order valence-electron chi connectivity index (χ2n) is 5.57. The number of hydrogen-bond donors (Lipinski definition) is 0. The number of oxime groups is 1. The summed E-state index contributed by atoms with van der Waals surface area (Å²) in [6, 6.07) is 8.27. The number of hydrogen-bond acceptors (Lipinski definition) is 8. The Bertz CT molecular complexity index is 966. The molecule has 1 aromatic carbocycles. The summed E-state index contributed by atoms with van der Waals surface area (Å²) in [4.78, 5) is 54.3. The number of carbonyl (C=O) groups is 3. The fourth-order valence-corrected chi connectivity index (χ4v) is 3.55. The first-order valence-electron chi connectivity index (χ1n) is 7.43. The zero-order valence-electron chi connectivity index (χ0n) is 12.9. The molecule has 0 aliphatic carbocycles. The van der Waals surface area contributed by atoms with E-state index in [-0.39, 0.29) is 17.1 Å². The third-order valence-corrected chi connectivity index (χ3v) is 4.98. The maximum absolute atomic E-state index is 12.8. The first-order chi connectivity index (χ1) is 12.5. The molecule has 2 amide bonds. The van der Waals surface area contributed by atoms with Gasteiger partial charge in [0.25, 0.3) is 11.6 Å². The van der Waals surface area contributed by atoms with Gasteiger partial charge in [0.2, 0.25) is 17.8 Å². The van der Waals surface area contributed by atoms with E-state index in [1.807, 2.05) is 0 Å². The van der Waals surface area contributed by atoms with Crippen molar-refractivity contribution in [3.8, 4) is 0 Å². The van der Waals surface area contributed by atoms with E-state index in [0.717, 1.165) is 4.90 Å². The molecule has 0 N–H and O–H groups in total. The Balaban J connectivity index is 1.64. The van der Waals surface area contributed by atoms with Gasteiger partial charge in [-0.25, -0.2) is 4.90 Å². The Hall–Kier alpha value is -3.40. The number of rotatable bonds is 4. The first-order valence-corrected chi connectivity index (χ1v) is 8.31. The number of benzene rings is 1. The molecule has 0 saturated carbocycles.